The van der Waals surface area contributed by atoms with Gasteiger partial charge in [-0.1, -0.05) is 26.2 Å². The lowest BCUT2D eigenvalue weighted by atomic mass is 10.1. The monoisotopic (exact) mass is 290 g/mol. The van der Waals surface area contributed by atoms with Crippen molar-refractivity contribution in [3.63, 3.8) is 0 Å². The van der Waals surface area contributed by atoms with Crippen LogP contribution in [0.4, 0.5) is 5.82 Å². The van der Waals surface area contributed by atoms with Crippen molar-refractivity contribution in [1.82, 2.24) is 14.4 Å². The molecule has 0 saturated heterocycles. The van der Waals surface area contributed by atoms with Crippen LogP contribution in [0, 0.1) is 0 Å². The Balaban J connectivity index is 2.04. The molecule has 0 fully saturated rings. The van der Waals surface area contributed by atoms with Crippen LogP contribution < -0.4 is 10.1 Å². The van der Waals surface area contributed by atoms with E-state index in [0.717, 1.165) is 24.4 Å². The second kappa shape index (κ2) is 7.86. The highest BCUT2D eigenvalue weighted by atomic mass is 16.5. The molecule has 0 aliphatic carbocycles. The molecule has 1 N–H and O–H groups in total. The van der Waals surface area contributed by atoms with Gasteiger partial charge in [0, 0.05) is 18.9 Å². The fourth-order valence-corrected chi connectivity index (χ4v) is 2.36. The Kier molecular flexibility index (Phi) is 5.84. The number of unbranched alkanes of at least 4 members (excludes halogenated alkanes) is 3. The van der Waals surface area contributed by atoms with Crippen molar-refractivity contribution in [2.45, 2.75) is 59.0 Å². The number of ether oxygens (including phenoxy) is 1. The topological polar surface area (TPSA) is 51.5 Å². The van der Waals surface area contributed by atoms with E-state index in [9.17, 15) is 0 Å². The summed E-state index contributed by atoms with van der Waals surface area (Å²) in [5, 5.41) is 3.22. The first-order valence-corrected chi connectivity index (χ1v) is 7.98. The van der Waals surface area contributed by atoms with E-state index in [2.05, 4.69) is 36.1 Å². The Morgan fingerprint density at radius 3 is 2.90 bits per heavy atom. The van der Waals surface area contributed by atoms with Gasteiger partial charge in [0.05, 0.1) is 12.3 Å². The summed E-state index contributed by atoms with van der Waals surface area (Å²) in [7, 11) is 0. The zero-order chi connectivity index (χ0) is 15.1. The number of anilines is 1. The van der Waals surface area contributed by atoms with Gasteiger partial charge in [0.1, 0.15) is 5.82 Å². The Morgan fingerprint density at radius 1 is 1.29 bits per heavy atom. The van der Waals surface area contributed by atoms with E-state index in [0.29, 0.717) is 5.88 Å². The number of rotatable bonds is 9. The van der Waals surface area contributed by atoms with Gasteiger partial charge >= 0.3 is 0 Å². The van der Waals surface area contributed by atoms with Gasteiger partial charge in [-0.15, -0.1) is 0 Å². The van der Waals surface area contributed by atoms with Gasteiger partial charge in [-0.25, -0.2) is 4.98 Å². The fourth-order valence-electron chi connectivity index (χ4n) is 2.36. The number of hydrogen-bond donors (Lipinski definition) is 1. The molecule has 0 aliphatic heterocycles. The van der Waals surface area contributed by atoms with Crippen LogP contribution in [0.2, 0.25) is 0 Å². The van der Waals surface area contributed by atoms with Gasteiger partial charge in [0.2, 0.25) is 5.65 Å². The van der Waals surface area contributed by atoms with Crippen molar-refractivity contribution in [3.05, 3.63) is 18.6 Å². The number of fused-ring (bicyclic) bond motifs is 1. The minimum atomic E-state index is 0.159. The van der Waals surface area contributed by atoms with Crippen LogP contribution >= 0.6 is 0 Å². The number of hydrogen-bond acceptors (Lipinski definition) is 4. The van der Waals surface area contributed by atoms with E-state index in [1.807, 2.05) is 16.8 Å². The summed E-state index contributed by atoms with van der Waals surface area (Å²) in [6.07, 6.45) is 11.9. The summed E-state index contributed by atoms with van der Waals surface area (Å²) in [5.74, 6) is 1.43. The quantitative estimate of drug-likeness (QED) is 0.712. The average molecular weight is 290 g/mol. The van der Waals surface area contributed by atoms with Crippen LogP contribution in [0.5, 0.6) is 5.88 Å². The third-order valence-corrected chi connectivity index (χ3v) is 3.48. The maximum absolute atomic E-state index is 6.02. The maximum atomic E-state index is 6.02. The van der Waals surface area contributed by atoms with Crippen molar-refractivity contribution in [3.8, 4) is 5.88 Å². The first-order valence-electron chi connectivity index (χ1n) is 7.98. The molecule has 0 aromatic carbocycles. The third kappa shape index (κ3) is 4.34. The predicted molar refractivity (Wildman–Crippen MR) is 86.0 cm³/mol. The van der Waals surface area contributed by atoms with Crippen molar-refractivity contribution in [1.29, 1.82) is 0 Å². The van der Waals surface area contributed by atoms with E-state index in [1.165, 1.54) is 25.7 Å². The van der Waals surface area contributed by atoms with Crippen LogP contribution in [0.3, 0.4) is 0 Å². The number of imidazole rings is 1. The molecule has 0 amide bonds. The van der Waals surface area contributed by atoms with Crippen LogP contribution in [0.15, 0.2) is 18.6 Å². The Morgan fingerprint density at radius 2 is 2.14 bits per heavy atom. The summed E-state index contributed by atoms with van der Waals surface area (Å²) >= 11 is 0. The van der Waals surface area contributed by atoms with E-state index < -0.39 is 0 Å². The molecule has 1 unspecified atom stereocenters. The molecule has 0 radical (unpaired) electrons. The molecule has 2 heterocycles. The van der Waals surface area contributed by atoms with Crippen molar-refractivity contribution >= 4 is 11.5 Å². The highest BCUT2D eigenvalue weighted by molar-refractivity contribution is 5.53. The van der Waals surface area contributed by atoms with Crippen LogP contribution in [0.25, 0.3) is 5.65 Å². The van der Waals surface area contributed by atoms with Crippen LogP contribution in [-0.4, -0.2) is 27.0 Å². The van der Waals surface area contributed by atoms with Gasteiger partial charge < -0.3 is 10.1 Å². The fraction of sp³-hybridized carbons (Fsp3) is 0.625. The average Bonchev–Trinajstić information content (AvgIpc) is 2.92. The molecule has 0 spiro atoms. The normalized spacial score (nSPS) is 12.5. The first-order chi connectivity index (χ1) is 10.2. The van der Waals surface area contributed by atoms with E-state index in [4.69, 9.17) is 4.74 Å². The standard InChI is InChI=1S/C16H26N4O/c1-4-6-7-8-9-13(3)21-16-15-18-10-11-20(15)12-14(19-16)17-5-2/h10-13,17H,4-9H2,1-3H3. The lowest BCUT2D eigenvalue weighted by Crippen LogP contribution is -2.14. The Hall–Kier alpha value is -1.78. The SMILES string of the molecule is CCCCCCC(C)Oc1nc(NCC)cn2ccnc12. The highest BCUT2D eigenvalue weighted by Crippen LogP contribution is 2.21. The molecule has 21 heavy (non-hydrogen) atoms. The molecule has 116 valence electrons. The maximum Gasteiger partial charge on any atom is 0.260 e. The zero-order valence-corrected chi connectivity index (χ0v) is 13.3. The Bertz CT molecular complexity index is 552. The number of nitrogens with one attached hydrogen (secondary N) is 1. The molecule has 2 rings (SSSR count). The largest absolute Gasteiger partial charge is 0.472 e. The highest BCUT2D eigenvalue weighted by Gasteiger charge is 2.12. The summed E-state index contributed by atoms with van der Waals surface area (Å²) < 4.78 is 7.97. The van der Waals surface area contributed by atoms with Gasteiger partial charge in [-0.3, -0.25) is 4.40 Å². The van der Waals surface area contributed by atoms with Gasteiger partial charge in [0.15, 0.2) is 0 Å². The Labute approximate surface area is 126 Å². The van der Waals surface area contributed by atoms with Gasteiger partial charge in [-0.2, -0.15) is 4.98 Å². The second-order valence-corrected chi connectivity index (χ2v) is 5.40. The summed E-state index contributed by atoms with van der Waals surface area (Å²) in [5.41, 5.74) is 0.775. The lowest BCUT2D eigenvalue weighted by Gasteiger charge is -2.15. The smallest absolute Gasteiger partial charge is 0.260 e. The van der Waals surface area contributed by atoms with E-state index >= 15 is 0 Å². The molecule has 2 aromatic rings. The van der Waals surface area contributed by atoms with Crippen LogP contribution in [0.1, 0.15) is 52.9 Å². The zero-order valence-electron chi connectivity index (χ0n) is 13.3. The predicted octanol–water partition coefficient (Wildman–Crippen LogP) is 3.90. The van der Waals surface area contributed by atoms with Crippen molar-refractivity contribution in [2.75, 3.05) is 11.9 Å². The van der Waals surface area contributed by atoms with Crippen molar-refractivity contribution in [2.24, 2.45) is 0 Å². The molecule has 1 atom stereocenters. The van der Waals surface area contributed by atoms with E-state index in [1.54, 1.807) is 6.20 Å². The lowest BCUT2D eigenvalue weighted by molar-refractivity contribution is 0.200. The molecule has 2 aromatic heterocycles. The number of nitrogens with zero attached hydrogens (tertiary/aromatic N) is 3. The van der Waals surface area contributed by atoms with Crippen LogP contribution in [-0.2, 0) is 0 Å². The molecular formula is C16H26N4O. The van der Waals surface area contributed by atoms with Gasteiger partial charge in [0.25, 0.3) is 5.88 Å². The number of aromatic nitrogens is 3. The first kappa shape index (κ1) is 15.6. The minimum absolute atomic E-state index is 0.159. The van der Waals surface area contributed by atoms with Gasteiger partial charge in [-0.05, 0) is 26.7 Å². The molecule has 0 saturated carbocycles. The second-order valence-electron chi connectivity index (χ2n) is 5.40. The summed E-state index contributed by atoms with van der Waals surface area (Å²) in [6.45, 7) is 7.22. The summed E-state index contributed by atoms with van der Waals surface area (Å²) in [6, 6.07) is 0. The summed E-state index contributed by atoms with van der Waals surface area (Å²) in [4.78, 5) is 8.86. The molecule has 0 aliphatic rings. The molecule has 5 heteroatoms. The molecule has 5 nitrogen and oxygen atoms in total. The molecular weight excluding hydrogens is 264 g/mol. The van der Waals surface area contributed by atoms with E-state index in [-0.39, 0.29) is 6.10 Å². The molecule has 0 bridgehead atoms. The minimum Gasteiger partial charge on any atom is -0.472 e. The third-order valence-electron chi connectivity index (χ3n) is 3.48. The van der Waals surface area contributed by atoms with Crippen molar-refractivity contribution < 1.29 is 4.74 Å².